The SMILES string of the molecule is O=C(CCCCCCCc1ccccc1)Nc1ccn(C2COC(COC(=O)CCCCCCCc3ccccc3)O2)c(=O)n1. The second-order valence-corrected chi connectivity index (χ2v) is 11.6. The number of amides is 1. The number of anilines is 1. The highest BCUT2D eigenvalue weighted by atomic mass is 16.7. The summed E-state index contributed by atoms with van der Waals surface area (Å²) in [5.41, 5.74) is 2.17. The third kappa shape index (κ3) is 13.0. The van der Waals surface area contributed by atoms with E-state index in [9.17, 15) is 14.4 Å². The molecule has 0 spiro atoms. The maximum atomic E-state index is 12.6. The molecule has 1 saturated heterocycles. The van der Waals surface area contributed by atoms with Crippen molar-refractivity contribution in [1.82, 2.24) is 9.55 Å². The van der Waals surface area contributed by atoms with Gasteiger partial charge in [0.15, 0.2) is 12.5 Å². The van der Waals surface area contributed by atoms with Gasteiger partial charge in [-0.3, -0.25) is 14.2 Å². The van der Waals surface area contributed by atoms with E-state index < -0.39 is 18.2 Å². The van der Waals surface area contributed by atoms with E-state index in [2.05, 4.69) is 58.8 Å². The molecule has 1 aromatic heterocycles. The molecule has 3 aromatic rings. The summed E-state index contributed by atoms with van der Waals surface area (Å²) in [6, 6.07) is 22.5. The van der Waals surface area contributed by atoms with Gasteiger partial charge in [0, 0.05) is 19.0 Å². The Labute approximate surface area is 266 Å². The van der Waals surface area contributed by atoms with Gasteiger partial charge in [0.1, 0.15) is 12.4 Å². The third-order valence-electron chi connectivity index (χ3n) is 7.92. The molecule has 1 aliphatic heterocycles. The summed E-state index contributed by atoms with van der Waals surface area (Å²) < 4.78 is 18.0. The normalized spacial score (nSPS) is 16.0. The van der Waals surface area contributed by atoms with Gasteiger partial charge in [-0.15, -0.1) is 0 Å². The molecule has 0 aliphatic carbocycles. The number of aryl methyl sites for hydroxylation is 2. The van der Waals surface area contributed by atoms with Crippen LogP contribution in [0.25, 0.3) is 0 Å². The molecule has 0 bridgehead atoms. The molecule has 0 saturated carbocycles. The lowest BCUT2D eigenvalue weighted by atomic mass is 10.0. The van der Waals surface area contributed by atoms with Crippen LogP contribution in [0.3, 0.4) is 0 Å². The molecule has 45 heavy (non-hydrogen) atoms. The summed E-state index contributed by atoms with van der Waals surface area (Å²) in [7, 11) is 0. The maximum Gasteiger partial charge on any atom is 0.351 e. The monoisotopic (exact) mass is 617 g/mol. The number of unbranched alkanes of at least 4 members (excludes halogenated alkanes) is 8. The number of carbonyl (C=O) groups is 2. The Balaban J connectivity index is 1.03. The number of nitrogens with one attached hydrogen (secondary N) is 1. The van der Waals surface area contributed by atoms with Crippen LogP contribution in [0.15, 0.2) is 77.7 Å². The maximum absolute atomic E-state index is 12.6. The van der Waals surface area contributed by atoms with E-state index in [4.69, 9.17) is 14.2 Å². The van der Waals surface area contributed by atoms with E-state index in [1.54, 1.807) is 6.07 Å². The first-order valence-corrected chi connectivity index (χ1v) is 16.5. The summed E-state index contributed by atoms with van der Waals surface area (Å²) >= 11 is 0. The molecule has 2 heterocycles. The zero-order chi connectivity index (χ0) is 31.5. The van der Waals surface area contributed by atoms with E-state index in [0.29, 0.717) is 12.8 Å². The number of benzene rings is 2. The van der Waals surface area contributed by atoms with Crippen LogP contribution < -0.4 is 11.0 Å². The van der Waals surface area contributed by atoms with Crippen LogP contribution in [0, 0.1) is 0 Å². The summed E-state index contributed by atoms with van der Waals surface area (Å²) in [5.74, 6) is -0.226. The van der Waals surface area contributed by atoms with Gasteiger partial charge in [-0.2, -0.15) is 4.98 Å². The summed E-state index contributed by atoms with van der Waals surface area (Å²) in [6.07, 6.45) is 13.4. The Morgan fingerprint density at radius 3 is 1.98 bits per heavy atom. The molecule has 2 aromatic carbocycles. The van der Waals surface area contributed by atoms with Gasteiger partial charge in [-0.25, -0.2) is 4.79 Å². The van der Waals surface area contributed by atoms with Crippen molar-refractivity contribution in [3.8, 4) is 0 Å². The topological polar surface area (TPSA) is 109 Å². The van der Waals surface area contributed by atoms with E-state index in [1.165, 1.54) is 21.9 Å². The lowest BCUT2D eigenvalue weighted by Gasteiger charge is -2.14. The molecule has 1 fully saturated rings. The highest BCUT2D eigenvalue weighted by Gasteiger charge is 2.29. The van der Waals surface area contributed by atoms with Crippen molar-refractivity contribution in [2.24, 2.45) is 0 Å². The average molecular weight is 618 g/mol. The smallest absolute Gasteiger partial charge is 0.351 e. The number of hydrogen-bond acceptors (Lipinski definition) is 7. The standard InChI is InChI=1S/C36H47N3O6/c40-32(23-15-5-1-3-9-17-29-19-11-7-12-20-29)37-31-25-26-39(36(42)38-31)33-27-44-35(45-33)28-43-34(41)24-16-6-2-4-10-18-30-21-13-8-14-22-30/h7-8,11-14,19-22,25-26,33,35H,1-6,9-10,15-18,23-24,27-28H2,(H,37,38,40,42). The van der Waals surface area contributed by atoms with Crippen molar-refractivity contribution in [3.63, 3.8) is 0 Å². The fourth-order valence-corrected chi connectivity index (χ4v) is 5.38. The van der Waals surface area contributed by atoms with E-state index in [1.807, 2.05) is 12.1 Å². The fraction of sp³-hybridized carbons (Fsp3) is 0.500. The van der Waals surface area contributed by atoms with Gasteiger partial charge in [0.05, 0.1) is 6.61 Å². The first-order valence-electron chi connectivity index (χ1n) is 16.5. The Bertz CT molecular complexity index is 1350. The summed E-state index contributed by atoms with van der Waals surface area (Å²) in [4.78, 5) is 41.1. The van der Waals surface area contributed by atoms with Gasteiger partial charge in [-0.1, -0.05) is 99.2 Å². The number of rotatable bonds is 20. The average Bonchev–Trinajstić information content (AvgIpc) is 3.52. The molecule has 9 heteroatoms. The molecular weight excluding hydrogens is 570 g/mol. The number of aromatic nitrogens is 2. The number of ether oxygens (including phenoxy) is 3. The van der Waals surface area contributed by atoms with Crippen LogP contribution in [-0.2, 0) is 36.6 Å². The minimum Gasteiger partial charge on any atom is -0.460 e. The van der Waals surface area contributed by atoms with E-state index >= 15 is 0 Å². The van der Waals surface area contributed by atoms with Crippen molar-refractivity contribution in [2.75, 3.05) is 18.5 Å². The highest BCUT2D eigenvalue weighted by Crippen LogP contribution is 2.20. The zero-order valence-corrected chi connectivity index (χ0v) is 26.2. The van der Waals surface area contributed by atoms with Crippen molar-refractivity contribution >= 4 is 17.7 Å². The first kappa shape index (κ1) is 34.1. The van der Waals surface area contributed by atoms with Crippen LogP contribution >= 0.6 is 0 Å². The molecule has 242 valence electrons. The molecule has 1 N–H and O–H groups in total. The fourth-order valence-electron chi connectivity index (χ4n) is 5.38. The predicted molar refractivity (Wildman–Crippen MR) is 174 cm³/mol. The van der Waals surface area contributed by atoms with E-state index in [-0.39, 0.29) is 30.9 Å². The van der Waals surface area contributed by atoms with Crippen LogP contribution in [0.1, 0.15) is 94.4 Å². The summed E-state index contributed by atoms with van der Waals surface area (Å²) in [5, 5.41) is 2.71. The number of carbonyl (C=O) groups excluding carboxylic acids is 2. The number of nitrogens with zero attached hydrogens (tertiary/aromatic N) is 2. The van der Waals surface area contributed by atoms with Gasteiger partial charge >= 0.3 is 11.7 Å². The van der Waals surface area contributed by atoms with Crippen LogP contribution in [0.4, 0.5) is 5.82 Å². The molecule has 2 atom stereocenters. The zero-order valence-electron chi connectivity index (χ0n) is 26.2. The van der Waals surface area contributed by atoms with Crippen molar-refractivity contribution in [3.05, 3.63) is 94.5 Å². The lowest BCUT2D eigenvalue weighted by Crippen LogP contribution is -2.29. The van der Waals surface area contributed by atoms with Crippen molar-refractivity contribution in [1.29, 1.82) is 0 Å². The van der Waals surface area contributed by atoms with Crippen LogP contribution in [0.5, 0.6) is 0 Å². The molecule has 1 aliphatic rings. The Hall–Kier alpha value is -3.82. The van der Waals surface area contributed by atoms with Gasteiger partial charge < -0.3 is 19.5 Å². The molecule has 0 radical (unpaired) electrons. The van der Waals surface area contributed by atoms with Crippen molar-refractivity contribution in [2.45, 2.75) is 102 Å². The van der Waals surface area contributed by atoms with Crippen LogP contribution in [0.2, 0.25) is 0 Å². The lowest BCUT2D eigenvalue weighted by molar-refractivity contribution is -0.159. The number of hydrogen-bond donors (Lipinski definition) is 1. The first-order chi connectivity index (χ1) is 22.1. The molecular formula is C36H47N3O6. The van der Waals surface area contributed by atoms with Gasteiger partial charge in [0.25, 0.3) is 0 Å². The molecule has 2 unspecified atom stereocenters. The Morgan fingerprint density at radius 1 is 0.778 bits per heavy atom. The van der Waals surface area contributed by atoms with E-state index in [0.717, 1.165) is 77.0 Å². The van der Waals surface area contributed by atoms with Crippen molar-refractivity contribution < 1.29 is 23.8 Å². The third-order valence-corrected chi connectivity index (χ3v) is 7.92. The molecule has 1 amide bonds. The predicted octanol–water partition coefficient (Wildman–Crippen LogP) is 6.76. The summed E-state index contributed by atoms with van der Waals surface area (Å²) in [6.45, 7) is 0.0968. The second-order valence-electron chi connectivity index (χ2n) is 11.6. The second kappa shape index (κ2) is 19.5. The van der Waals surface area contributed by atoms with Crippen LogP contribution in [-0.4, -0.2) is 40.9 Å². The largest absolute Gasteiger partial charge is 0.460 e. The molecule has 9 nitrogen and oxygen atoms in total. The molecule has 4 rings (SSSR count). The Kier molecular flexibility index (Phi) is 14.8. The highest BCUT2D eigenvalue weighted by molar-refractivity contribution is 5.89. The number of esters is 1. The minimum absolute atomic E-state index is 0.0320. The minimum atomic E-state index is -0.749. The Morgan fingerprint density at radius 2 is 1.36 bits per heavy atom. The van der Waals surface area contributed by atoms with Gasteiger partial charge in [-0.05, 0) is 55.7 Å². The van der Waals surface area contributed by atoms with Gasteiger partial charge in [0.2, 0.25) is 5.91 Å². The quantitative estimate of drug-likeness (QED) is 0.110.